The summed E-state index contributed by atoms with van der Waals surface area (Å²) in [5, 5.41) is 9.27. The van der Waals surface area contributed by atoms with Gasteiger partial charge in [0.25, 0.3) is 0 Å². The Hall–Kier alpha value is -0.0800. The quantitative estimate of drug-likeness (QED) is 0.613. The fourth-order valence-electron chi connectivity index (χ4n) is 2.62. The Morgan fingerprint density at radius 2 is 2.25 bits per heavy atom. The van der Waals surface area contributed by atoms with E-state index in [0.717, 1.165) is 12.8 Å². The first-order valence-corrected chi connectivity index (χ1v) is 6.90. The van der Waals surface area contributed by atoms with Crippen LogP contribution in [0.2, 0.25) is 0 Å². The fraction of sp³-hybridized carbons (Fsp3) is 0.714. The molecule has 2 heteroatoms. The van der Waals surface area contributed by atoms with E-state index in [1.165, 1.54) is 12.0 Å². The van der Waals surface area contributed by atoms with Crippen molar-refractivity contribution in [3.8, 4) is 0 Å². The van der Waals surface area contributed by atoms with Gasteiger partial charge in [0.05, 0.1) is 0 Å². The zero-order valence-corrected chi connectivity index (χ0v) is 12.0. The van der Waals surface area contributed by atoms with Crippen LogP contribution in [-0.4, -0.2) is 16.5 Å². The maximum absolute atomic E-state index is 9.27. The van der Waals surface area contributed by atoms with E-state index < -0.39 is 0 Å². The summed E-state index contributed by atoms with van der Waals surface area (Å²) in [6, 6.07) is 0. The van der Waals surface area contributed by atoms with Gasteiger partial charge in [-0.25, -0.2) is 0 Å². The summed E-state index contributed by atoms with van der Waals surface area (Å²) in [4.78, 5) is 0.541. The molecule has 92 valence electrons. The predicted octanol–water partition coefficient (Wildman–Crippen LogP) is 3.93. The maximum Gasteiger partial charge on any atom is 0.0493 e. The van der Waals surface area contributed by atoms with Crippen molar-refractivity contribution in [3.05, 3.63) is 24.8 Å². The number of hydrogen-bond donors (Lipinski definition) is 1. The minimum absolute atomic E-state index is 0.191. The van der Waals surface area contributed by atoms with Crippen LogP contribution in [0.15, 0.2) is 24.8 Å². The summed E-state index contributed by atoms with van der Waals surface area (Å²) in [7, 11) is 0. The number of allylic oxidation sites excluding steroid dienone is 1. The van der Waals surface area contributed by atoms with E-state index >= 15 is 0 Å². The summed E-state index contributed by atoms with van der Waals surface area (Å²) in [5.74, 6) is 0.666. The molecule has 0 saturated heterocycles. The van der Waals surface area contributed by atoms with Gasteiger partial charge in [0.2, 0.25) is 0 Å². The normalized spacial score (nSPS) is 31.1. The molecule has 1 aliphatic rings. The average Bonchev–Trinajstić information content (AvgIpc) is 2.25. The zero-order chi connectivity index (χ0) is 12.3. The van der Waals surface area contributed by atoms with E-state index in [1.54, 1.807) is 0 Å². The minimum Gasteiger partial charge on any atom is -0.396 e. The largest absolute Gasteiger partial charge is 0.396 e. The molecule has 1 saturated carbocycles. The molecule has 1 aliphatic carbocycles. The highest BCUT2D eigenvalue weighted by Crippen LogP contribution is 2.49. The number of halogens is 1. The van der Waals surface area contributed by atoms with Gasteiger partial charge in [-0.15, -0.1) is 6.58 Å². The van der Waals surface area contributed by atoms with E-state index in [0.29, 0.717) is 10.7 Å². The maximum atomic E-state index is 9.27. The lowest BCUT2D eigenvalue weighted by Crippen LogP contribution is -2.39. The summed E-state index contributed by atoms with van der Waals surface area (Å²) in [5.41, 5.74) is 1.55. The molecule has 16 heavy (non-hydrogen) atoms. The van der Waals surface area contributed by atoms with Gasteiger partial charge in [0, 0.05) is 17.4 Å². The van der Waals surface area contributed by atoms with Crippen LogP contribution in [0.25, 0.3) is 0 Å². The third-order valence-electron chi connectivity index (χ3n) is 4.02. The molecule has 0 aliphatic heterocycles. The van der Waals surface area contributed by atoms with Crippen molar-refractivity contribution < 1.29 is 5.11 Å². The first kappa shape index (κ1) is 14.0. The van der Waals surface area contributed by atoms with E-state index in [9.17, 15) is 5.11 Å². The monoisotopic (exact) mass is 286 g/mol. The molecular weight excluding hydrogens is 264 g/mol. The number of hydrogen-bond acceptors (Lipinski definition) is 1. The van der Waals surface area contributed by atoms with Crippen LogP contribution in [0.1, 0.15) is 33.1 Å². The van der Waals surface area contributed by atoms with Gasteiger partial charge in [-0.1, -0.05) is 48.0 Å². The Morgan fingerprint density at radius 3 is 2.75 bits per heavy atom. The molecular formula is C14H23BrO. The van der Waals surface area contributed by atoms with Crippen LogP contribution >= 0.6 is 15.9 Å². The van der Waals surface area contributed by atoms with Gasteiger partial charge in [-0.2, -0.15) is 0 Å². The van der Waals surface area contributed by atoms with Gasteiger partial charge < -0.3 is 5.11 Å². The van der Waals surface area contributed by atoms with Gasteiger partial charge >= 0.3 is 0 Å². The number of rotatable bonds is 4. The molecule has 1 rings (SSSR count). The van der Waals surface area contributed by atoms with E-state index in [1.807, 2.05) is 6.08 Å². The van der Waals surface area contributed by atoms with Gasteiger partial charge in [0.1, 0.15) is 0 Å². The van der Waals surface area contributed by atoms with Crippen molar-refractivity contribution in [2.24, 2.45) is 17.3 Å². The van der Waals surface area contributed by atoms with Crippen LogP contribution in [0.4, 0.5) is 0 Å². The first-order chi connectivity index (χ1) is 7.43. The molecule has 0 amide bonds. The second-order valence-corrected chi connectivity index (χ2v) is 6.56. The lowest BCUT2D eigenvalue weighted by Gasteiger charge is -2.45. The van der Waals surface area contributed by atoms with E-state index in [-0.39, 0.29) is 17.9 Å². The molecule has 3 unspecified atom stereocenters. The Balaban J connectivity index is 2.81. The van der Waals surface area contributed by atoms with E-state index in [4.69, 9.17) is 0 Å². The Kier molecular flexibility index (Phi) is 4.81. The molecule has 0 heterocycles. The molecule has 0 radical (unpaired) electrons. The summed E-state index contributed by atoms with van der Waals surface area (Å²) >= 11 is 3.78. The van der Waals surface area contributed by atoms with Crippen molar-refractivity contribution in [2.45, 2.75) is 37.9 Å². The average molecular weight is 287 g/mol. The lowest BCUT2D eigenvalue weighted by atomic mass is 9.64. The third kappa shape index (κ3) is 2.78. The highest BCUT2D eigenvalue weighted by Gasteiger charge is 2.41. The highest BCUT2D eigenvalue weighted by atomic mass is 79.9. The molecule has 0 aromatic rings. The summed E-state index contributed by atoms with van der Waals surface area (Å²) in [6.07, 6.45) is 5.09. The summed E-state index contributed by atoms with van der Waals surface area (Å²) < 4.78 is 0. The molecule has 0 aromatic heterocycles. The molecule has 1 fully saturated rings. The van der Waals surface area contributed by atoms with E-state index in [2.05, 4.69) is 42.9 Å². The van der Waals surface area contributed by atoms with Crippen molar-refractivity contribution in [2.75, 3.05) is 6.61 Å². The van der Waals surface area contributed by atoms with Crippen LogP contribution in [0.3, 0.4) is 0 Å². The Morgan fingerprint density at radius 1 is 1.62 bits per heavy atom. The standard InChI is InChI=1S/C14H23BrO/c1-5-11(9-16)8-12-10(2)6-7-13(15)14(12,3)4/h5,11-13,16H,1-2,6-9H2,3-4H3. The second kappa shape index (κ2) is 5.50. The molecule has 1 N–H and O–H groups in total. The topological polar surface area (TPSA) is 20.2 Å². The third-order valence-corrected chi connectivity index (χ3v) is 5.66. The fourth-order valence-corrected chi connectivity index (χ4v) is 3.17. The van der Waals surface area contributed by atoms with Crippen molar-refractivity contribution in [3.63, 3.8) is 0 Å². The van der Waals surface area contributed by atoms with Crippen molar-refractivity contribution in [1.29, 1.82) is 0 Å². The molecule has 0 spiro atoms. The van der Waals surface area contributed by atoms with Crippen molar-refractivity contribution in [1.82, 2.24) is 0 Å². The molecule has 0 aromatic carbocycles. The SMILES string of the molecule is C=CC(CO)CC1C(=C)CCC(Br)C1(C)C. The smallest absolute Gasteiger partial charge is 0.0493 e. The lowest BCUT2D eigenvalue weighted by molar-refractivity contribution is 0.155. The first-order valence-electron chi connectivity index (χ1n) is 5.98. The predicted molar refractivity (Wildman–Crippen MR) is 73.7 cm³/mol. The van der Waals surface area contributed by atoms with Crippen LogP contribution in [0, 0.1) is 17.3 Å². The van der Waals surface area contributed by atoms with Crippen molar-refractivity contribution >= 4 is 15.9 Å². The molecule has 0 bridgehead atoms. The molecule has 3 atom stereocenters. The Labute approximate surface area is 108 Å². The molecule has 1 nitrogen and oxygen atoms in total. The van der Waals surface area contributed by atoms with Gasteiger partial charge in [-0.3, -0.25) is 0 Å². The number of aliphatic hydroxyl groups is 1. The van der Waals surface area contributed by atoms with Crippen LogP contribution < -0.4 is 0 Å². The number of alkyl halides is 1. The minimum atomic E-state index is 0.191. The Bertz CT molecular complexity index is 270. The van der Waals surface area contributed by atoms with Gasteiger partial charge in [0.15, 0.2) is 0 Å². The van der Waals surface area contributed by atoms with Crippen LogP contribution in [-0.2, 0) is 0 Å². The summed E-state index contributed by atoms with van der Waals surface area (Å²) in [6.45, 7) is 12.8. The zero-order valence-electron chi connectivity index (χ0n) is 10.4. The van der Waals surface area contributed by atoms with Crippen LogP contribution in [0.5, 0.6) is 0 Å². The van der Waals surface area contributed by atoms with Gasteiger partial charge in [-0.05, 0) is 30.6 Å². The second-order valence-electron chi connectivity index (χ2n) is 5.45. The number of aliphatic hydroxyl groups excluding tert-OH is 1. The highest BCUT2D eigenvalue weighted by molar-refractivity contribution is 9.09.